The second-order valence-corrected chi connectivity index (χ2v) is 7.72. The predicted molar refractivity (Wildman–Crippen MR) is 115 cm³/mol. The second kappa shape index (κ2) is 9.11. The molecule has 1 aliphatic rings. The Hall–Kier alpha value is -2.84. The van der Waals surface area contributed by atoms with E-state index in [9.17, 15) is 14.7 Å². The molecule has 1 unspecified atom stereocenters. The smallest absolute Gasteiger partial charge is 0.333 e. The Morgan fingerprint density at radius 1 is 1.28 bits per heavy atom. The van der Waals surface area contributed by atoms with Gasteiger partial charge in [-0.25, -0.2) is 4.79 Å². The first kappa shape index (κ1) is 20.9. The maximum absolute atomic E-state index is 13.1. The van der Waals surface area contributed by atoms with Gasteiger partial charge < -0.3 is 14.6 Å². The van der Waals surface area contributed by atoms with Crippen LogP contribution >= 0.6 is 24.0 Å². The Morgan fingerprint density at radius 3 is 2.66 bits per heavy atom. The molecule has 0 spiro atoms. The molecule has 0 bridgehead atoms. The fourth-order valence-electron chi connectivity index (χ4n) is 2.88. The molecule has 1 aliphatic heterocycles. The number of nitrogens with zero attached hydrogens (tertiary/aromatic N) is 1. The molecule has 2 aromatic carbocycles. The molecule has 6 nitrogen and oxygen atoms in total. The molecule has 0 saturated carbocycles. The fraction of sp³-hybridized carbons (Fsp3) is 0.190. The van der Waals surface area contributed by atoms with Crippen molar-refractivity contribution in [3.05, 3.63) is 64.6 Å². The van der Waals surface area contributed by atoms with E-state index in [1.807, 2.05) is 13.0 Å². The summed E-state index contributed by atoms with van der Waals surface area (Å²) in [5.74, 6) is -0.609. The summed E-state index contributed by atoms with van der Waals surface area (Å²) in [6, 6.07) is 12.7. The van der Waals surface area contributed by atoms with Crippen molar-refractivity contribution in [1.29, 1.82) is 0 Å². The third-order valence-corrected chi connectivity index (χ3v) is 5.53. The molecule has 1 atom stereocenters. The number of hydrogen-bond acceptors (Lipinski definition) is 7. The number of amides is 1. The number of esters is 1. The van der Waals surface area contributed by atoms with Crippen LogP contribution in [0.25, 0.3) is 6.08 Å². The normalized spacial score (nSPS) is 16.2. The Morgan fingerprint density at radius 2 is 2.00 bits per heavy atom. The molecule has 0 aromatic heterocycles. The molecular weight excluding hydrogens is 410 g/mol. The summed E-state index contributed by atoms with van der Waals surface area (Å²) in [7, 11) is 1.28. The number of rotatable bonds is 6. The van der Waals surface area contributed by atoms with Crippen molar-refractivity contribution >= 4 is 46.3 Å². The van der Waals surface area contributed by atoms with E-state index in [0.29, 0.717) is 28.4 Å². The number of thiocarbonyl (C=S) groups is 1. The van der Waals surface area contributed by atoms with E-state index >= 15 is 0 Å². The van der Waals surface area contributed by atoms with Crippen LogP contribution in [0.3, 0.4) is 0 Å². The van der Waals surface area contributed by atoms with Crippen molar-refractivity contribution in [3.63, 3.8) is 0 Å². The Kier molecular flexibility index (Phi) is 6.56. The first-order chi connectivity index (χ1) is 14.0. The van der Waals surface area contributed by atoms with Crippen LogP contribution in [0.1, 0.15) is 24.1 Å². The van der Waals surface area contributed by atoms with Gasteiger partial charge in [-0.15, -0.1) is 0 Å². The van der Waals surface area contributed by atoms with Gasteiger partial charge >= 0.3 is 5.97 Å². The van der Waals surface area contributed by atoms with Crippen molar-refractivity contribution in [2.45, 2.75) is 13.0 Å². The van der Waals surface area contributed by atoms with Gasteiger partial charge in [0.25, 0.3) is 5.91 Å². The predicted octanol–water partition coefficient (Wildman–Crippen LogP) is 3.91. The van der Waals surface area contributed by atoms with Crippen molar-refractivity contribution in [3.8, 4) is 11.5 Å². The topological polar surface area (TPSA) is 76.1 Å². The van der Waals surface area contributed by atoms with Crippen molar-refractivity contribution in [1.82, 2.24) is 4.90 Å². The van der Waals surface area contributed by atoms with E-state index in [-0.39, 0.29) is 16.0 Å². The molecule has 3 rings (SSSR count). The molecule has 1 N–H and O–H groups in total. The van der Waals surface area contributed by atoms with Gasteiger partial charge in [0.05, 0.1) is 18.6 Å². The number of methoxy groups -OCH3 is 1. The number of ether oxygens (including phenoxy) is 2. The average molecular weight is 430 g/mol. The van der Waals surface area contributed by atoms with Gasteiger partial charge in [0, 0.05) is 0 Å². The molecule has 150 valence electrons. The van der Waals surface area contributed by atoms with Crippen LogP contribution in [-0.2, 0) is 14.3 Å². The third kappa shape index (κ3) is 4.44. The molecular formula is C21H19NO5S2. The number of phenols is 1. The van der Waals surface area contributed by atoms with Gasteiger partial charge in [0.15, 0.2) is 17.5 Å². The number of carbonyl (C=O) groups is 2. The number of benzene rings is 2. The molecule has 2 aromatic rings. The second-order valence-electron chi connectivity index (χ2n) is 6.05. The van der Waals surface area contributed by atoms with Gasteiger partial charge in [-0.05, 0) is 36.3 Å². The summed E-state index contributed by atoms with van der Waals surface area (Å²) in [5, 5.41) is 9.85. The molecule has 1 amide bonds. The van der Waals surface area contributed by atoms with Crippen LogP contribution in [-0.4, -0.2) is 39.9 Å². The third-order valence-electron chi connectivity index (χ3n) is 4.20. The number of hydrogen-bond donors (Lipinski definition) is 1. The maximum atomic E-state index is 13.1. The van der Waals surface area contributed by atoms with E-state index in [1.54, 1.807) is 42.5 Å². The molecule has 1 heterocycles. The lowest BCUT2D eigenvalue weighted by atomic mass is 10.1. The summed E-state index contributed by atoms with van der Waals surface area (Å²) in [6.07, 6.45) is 1.65. The van der Waals surface area contributed by atoms with Gasteiger partial charge in [0.2, 0.25) is 0 Å². The van der Waals surface area contributed by atoms with E-state index in [0.717, 1.165) is 11.8 Å². The summed E-state index contributed by atoms with van der Waals surface area (Å²) < 4.78 is 10.6. The summed E-state index contributed by atoms with van der Waals surface area (Å²) in [4.78, 5) is 27.2. The lowest BCUT2D eigenvalue weighted by Gasteiger charge is -2.24. The maximum Gasteiger partial charge on any atom is 0.333 e. The summed E-state index contributed by atoms with van der Waals surface area (Å²) in [6.45, 7) is 2.21. The van der Waals surface area contributed by atoms with Gasteiger partial charge in [0.1, 0.15) is 4.32 Å². The standard InChI is InChI=1S/C21H19NO5S2/c1-3-27-16-11-13(9-10-15(16)23)12-17-19(24)22(21(28)29-17)18(20(25)26-2)14-7-5-4-6-8-14/h4-12,18,23H,3H2,1-2H3/b17-12-. The zero-order valence-corrected chi connectivity index (χ0v) is 17.5. The van der Waals surface area contributed by atoms with Crippen LogP contribution in [0.4, 0.5) is 0 Å². The first-order valence-corrected chi connectivity index (χ1v) is 10.0. The summed E-state index contributed by atoms with van der Waals surface area (Å²) in [5.41, 5.74) is 1.28. The zero-order chi connectivity index (χ0) is 21.0. The first-order valence-electron chi connectivity index (χ1n) is 8.82. The number of phenolic OH excluding ortho intramolecular Hbond substituents is 1. The lowest BCUT2D eigenvalue weighted by Crippen LogP contribution is -2.37. The number of thioether (sulfide) groups is 1. The minimum absolute atomic E-state index is 0.0198. The molecule has 1 fully saturated rings. The SMILES string of the molecule is CCOc1cc(/C=C2\SC(=S)N(C(C(=O)OC)c3ccccc3)C2=O)ccc1O. The molecule has 0 radical (unpaired) electrons. The Bertz CT molecular complexity index is 974. The highest BCUT2D eigenvalue weighted by molar-refractivity contribution is 8.26. The van der Waals surface area contributed by atoms with Crippen LogP contribution in [0.15, 0.2) is 53.4 Å². The van der Waals surface area contributed by atoms with E-state index in [2.05, 4.69) is 0 Å². The van der Waals surface area contributed by atoms with Crippen molar-refractivity contribution in [2.24, 2.45) is 0 Å². The highest BCUT2D eigenvalue weighted by Crippen LogP contribution is 2.39. The largest absolute Gasteiger partial charge is 0.504 e. The monoisotopic (exact) mass is 429 g/mol. The zero-order valence-electron chi connectivity index (χ0n) is 15.8. The van der Waals surface area contributed by atoms with Crippen LogP contribution in [0.2, 0.25) is 0 Å². The van der Waals surface area contributed by atoms with Gasteiger partial charge in [-0.3, -0.25) is 9.69 Å². The number of aromatic hydroxyl groups is 1. The van der Waals surface area contributed by atoms with Gasteiger partial charge in [-0.1, -0.05) is 60.4 Å². The van der Waals surface area contributed by atoms with E-state index < -0.39 is 12.0 Å². The quantitative estimate of drug-likeness (QED) is 0.424. The van der Waals surface area contributed by atoms with Gasteiger partial charge in [-0.2, -0.15) is 0 Å². The fourth-order valence-corrected chi connectivity index (χ4v) is 4.20. The summed E-state index contributed by atoms with van der Waals surface area (Å²) >= 11 is 6.51. The van der Waals surface area contributed by atoms with Crippen LogP contribution < -0.4 is 4.74 Å². The highest BCUT2D eigenvalue weighted by atomic mass is 32.2. The molecule has 0 aliphatic carbocycles. The average Bonchev–Trinajstić information content (AvgIpc) is 2.99. The van der Waals surface area contributed by atoms with E-state index in [1.165, 1.54) is 18.1 Å². The lowest BCUT2D eigenvalue weighted by molar-refractivity contribution is -0.148. The Balaban J connectivity index is 1.95. The molecule has 8 heteroatoms. The molecule has 29 heavy (non-hydrogen) atoms. The van der Waals surface area contributed by atoms with Crippen LogP contribution in [0, 0.1) is 0 Å². The minimum atomic E-state index is -0.960. The highest BCUT2D eigenvalue weighted by Gasteiger charge is 2.41. The number of carbonyl (C=O) groups excluding carboxylic acids is 2. The van der Waals surface area contributed by atoms with Crippen molar-refractivity contribution in [2.75, 3.05) is 13.7 Å². The molecule has 1 saturated heterocycles. The van der Waals surface area contributed by atoms with E-state index in [4.69, 9.17) is 21.7 Å². The minimum Gasteiger partial charge on any atom is -0.504 e. The van der Waals surface area contributed by atoms with Crippen LogP contribution in [0.5, 0.6) is 11.5 Å². The Labute approximate surface area is 178 Å². The van der Waals surface area contributed by atoms with Crippen molar-refractivity contribution < 1.29 is 24.2 Å².